The van der Waals surface area contributed by atoms with Crippen molar-refractivity contribution in [1.82, 2.24) is 20.1 Å². The number of aromatic nitrogens is 2. The molecule has 5 heterocycles. The predicted molar refractivity (Wildman–Crippen MR) is 176 cm³/mol. The van der Waals surface area contributed by atoms with Crippen molar-refractivity contribution in [3.63, 3.8) is 0 Å². The average molecular weight is 688 g/mol. The van der Waals surface area contributed by atoms with E-state index in [9.17, 15) is 34.2 Å². The van der Waals surface area contributed by atoms with Crippen molar-refractivity contribution < 1.29 is 38.8 Å². The van der Waals surface area contributed by atoms with Gasteiger partial charge in [0.2, 0.25) is 18.4 Å². The Morgan fingerprint density at radius 2 is 1.77 bits per heavy atom. The zero-order chi connectivity index (χ0) is 33.8. The number of carboxylic acid groups (broad SMARTS) is 1. The number of fused-ring (bicyclic) bond motifs is 1. The molecule has 3 aliphatic rings. The summed E-state index contributed by atoms with van der Waals surface area (Å²) in [6.07, 6.45) is 8.77. The van der Waals surface area contributed by atoms with E-state index in [2.05, 4.69) is 15.6 Å². The van der Waals surface area contributed by atoms with Gasteiger partial charge in [-0.3, -0.25) is 29.1 Å². The van der Waals surface area contributed by atoms with Gasteiger partial charge in [0, 0.05) is 59.5 Å². The number of anilines is 1. The number of amides is 4. The van der Waals surface area contributed by atoms with E-state index in [0.29, 0.717) is 36.3 Å². The Hall–Kier alpha value is -5.15. The second kappa shape index (κ2) is 14.3. The number of carboxylic acids is 1. The van der Waals surface area contributed by atoms with Crippen molar-refractivity contribution in [2.75, 3.05) is 23.4 Å². The number of nitrogens with one attached hydrogen (secondary N) is 2. The second-order valence-corrected chi connectivity index (χ2v) is 13.4. The number of aliphatic carboxylic acids is 1. The minimum atomic E-state index is -1.27. The molecule has 4 amide bonds. The summed E-state index contributed by atoms with van der Waals surface area (Å²) in [7, 11) is 0. The number of benzene rings is 1. The van der Waals surface area contributed by atoms with E-state index in [1.807, 2.05) is 12.1 Å². The number of carbonyl (C=O) groups is 5. The third-order valence-electron chi connectivity index (χ3n) is 7.91. The molecule has 48 heavy (non-hydrogen) atoms. The van der Waals surface area contributed by atoms with Crippen molar-refractivity contribution in [1.29, 1.82) is 0 Å². The van der Waals surface area contributed by atoms with E-state index in [-0.39, 0.29) is 47.2 Å². The molecule has 13 nitrogen and oxygen atoms in total. The Bertz CT molecular complexity index is 1820. The van der Waals surface area contributed by atoms with Crippen molar-refractivity contribution >= 4 is 58.8 Å². The topological polar surface area (TPSA) is 173 Å². The van der Waals surface area contributed by atoms with Crippen LogP contribution < -0.4 is 15.2 Å². The standard InChI is InChI=1S/C33H30N6O7S2/c40-24-3-1-23(2-4-24)35-26(41)17-37-12-7-20(8-13-37)16-38-14-9-21(30(38)43)15-22-18-48-32-28(31(44)39(32)29(22)33(45)46)36-27(42)19-47-25-5-10-34-11-6-25/h1-8,10-13,15,28,32H,9,14,16-19H2,(H3-,35,36,40,41,42,45,46)/p+1/b21-15+. The summed E-state index contributed by atoms with van der Waals surface area (Å²) in [6, 6.07) is 12.6. The number of β-lactam (4-membered cyclic amide) rings is 1. The van der Waals surface area contributed by atoms with Gasteiger partial charge in [-0.2, -0.15) is 4.57 Å². The molecule has 3 aromatic rings. The number of phenolic OH excluding ortho intramolecular Hbond substituents is 1. The Balaban J connectivity index is 1.04. The highest BCUT2D eigenvalue weighted by atomic mass is 32.2. The molecule has 0 radical (unpaired) electrons. The van der Waals surface area contributed by atoms with Crippen LogP contribution in [0.5, 0.6) is 5.75 Å². The third-order valence-corrected chi connectivity index (χ3v) is 10.2. The van der Waals surface area contributed by atoms with Crippen LogP contribution in [0.15, 0.2) is 101 Å². The molecule has 0 bridgehead atoms. The highest BCUT2D eigenvalue weighted by Crippen LogP contribution is 2.41. The Kier molecular flexibility index (Phi) is 9.77. The van der Waals surface area contributed by atoms with E-state index in [4.69, 9.17) is 0 Å². The molecule has 3 aliphatic heterocycles. The average Bonchev–Trinajstić information content (AvgIpc) is 3.42. The van der Waals surface area contributed by atoms with Crippen LogP contribution in [0.4, 0.5) is 5.69 Å². The van der Waals surface area contributed by atoms with Gasteiger partial charge in [0.15, 0.2) is 12.4 Å². The van der Waals surface area contributed by atoms with Crippen LogP contribution in [0.2, 0.25) is 0 Å². The Morgan fingerprint density at radius 3 is 2.48 bits per heavy atom. The van der Waals surface area contributed by atoms with Gasteiger partial charge in [-0.15, -0.1) is 23.5 Å². The van der Waals surface area contributed by atoms with Crippen molar-refractivity contribution in [2.24, 2.45) is 0 Å². The number of nitrogens with zero attached hydrogens (tertiary/aromatic N) is 4. The van der Waals surface area contributed by atoms with E-state index in [1.165, 1.54) is 40.6 Å². The van der Waals surface area contributed by atoms with E-state index in [1.54, 1.807) is 64.6 Å². The first-order valence-corrected chi connectivity index (χ1v) is 17.0. The lowest BCUT2D eigenvalue weighted by Gasteiger charge is -2.49. The lowest BCUT2D eigenvalue weighted by molar-refractivity contribution is -0.684. The molecule has 246 valence electrons. The third kappa shape index (κ3) is 7.37. The monoisotopic (exact) mass is 687 g/mol. The minimum Gasteiger partial charge on any atom is -0.508 e. The number of aromatic hydroxyl groups is 1. The lowest BCUT2D eigenvalue weighted by Crippen LogP contribution is -2.70. The molecule has 2 fully saturated rings. The highest BCUT2D eigenvalue weighted by molar-refractivity contribution is 8.00. The molecule has 15 heteroatoms. The van der Waals surface area contributed by atoms with Crippen LogP contribution in [-0.2, 0) is 37.1 Å². The highest BCUT2D eigenvalue weighted by Gasteiger charge is 2.54. The molecule has 0 aliphatic carbocycles. The van der Waals surface area contributed by atoms with Gasteiger partial charge in [-0.25, -0.2) is 4.79 Å². The van der Waals surface area contributed by atoms with Crippen molar-refractivity contribution in [2.45, 2.75) is 35.8 Å². The van der Waals surface area contributed by atoms with E-state index < -0.39 is 23.3 Å². The summed E-state index contributed by atoms with van der Waals surface area (Å²) in [5.41, 5.74) is 2.11. The SMILES string of the molecule is O=C(C[n+]1ccc(CN2CC/C(=C\C3=C(C(=O)O)N4C(=O)C(NC(=O)CSc5ccncc5)C4SC3)C2=O)cc1)Nc1ccc(O)cc1. The van der Waals surface area contributed by atoms with Crippen molar-refractivity contribution in [3.8, 4) is 5.75 Å². The molecule has 2 atom stereocenters. The minimum absolute atomic E-state index is 0.0780. The number of hydrogen-bond acceptors (Lipinski definition) is 9. The van der Waals surface area contributed by atoms with Gasteiger partial charge in [-0.1, -0.05) is 0 Å². The summed E-state index contributed by atoms with van der Waals surface area (Å²) < 4.78 is 1.71. The molecule has 2 saturated heterocycles. The zero-order valence-electron chi connectivity index (χ0n) is 25.4. The summed E-state index contributed by atoms with van der Waals surface area (Å²) in [5.74, 6) is -2.06. The maximum Gasteiger partial charge on any atom is 0.352 e. The van der Waals surface area contributed by atoms with Crippen LogP contribution in [-0.4, -0.2) is 84.1 Å². The quantitative estimate of drug-likeness (QED) is 0.0767. The molecule has 0 saturated carbocycles. The van der Waals surface area contributed by atoms with E-state index in [0.717, 1.165) is 10.5 Å². The van der Waals surface area contributed by atoms with Gasteiger partial charge in [0.05, 0.1) is 5.75 Å². The fourth-order valence-corrected chi connectivity index (χ4v) is 7.55. The number of rotatable bonds is 11. The van der Waals surface area contributed by atoms with Crippen LogP contribution in [0.3, 0.4) is 0 Å². The van der Waals surface area contributed by atoms with Gasteiger partial charge in [0.25, 0.3) is 11.8 Å². The Labute approximate surface area is 283 Å². The first kappa shape index (κ1) is 32.8. The number of pyridine rings is 2. The van der Waals surface area contributed by atoms with Crippen LogP contribution in [0.1, 0.15) is 12.0 Å². The van der Waals surface area contributed by atoms with E-state index >= 15 is 0 Å². The second-order valence-electron chi connectivity index (χ2n) is 11.2. The number of likely N-dealkylation sites (tertiary alicyclic amines) is 1. The predicted octanol–water partition coefficient (Wildman–Crippen LogP) is 1.90. The van der Waals surface area contributed by atoms with Gasteiger partial charge < -0.3 is 25.7 Å². The Morgan fingerprint density at radius 1 is 1.04 bits per heavy atom. The summed E-state index contributed by atoms with van der Waals surface area (Å²) in [5, 5.41) is 24.4. The first-order chi connectivity index (χ1) is 23.2. The fraction of sp³-hybridized carbons (Fsp3) is 0.242. The number of thioether (sulfide) groups is 2. The smallest absolute Gasteiger partial charge is 0.352 e. The summed E-state index contributed by atoms with van der Waals surface area (Å²) >= 11 is 2.66. The van der Waals surface area contributed by atoms with Crippen LogP contribution >= 0.6 is 23.5 Å². The number of allylic oxidation sites excluding steroid dienone is 1. The molecular formula is C33H31N6O7S2+. The maximum atomic E-state index is 13.3. The fourth-order valence-electron chi connectivity index (χ4n) is 5.55. The molecular weight excluding hydrogens is 657 g/mol. The maximum absolute atomic E-state index is 13.3. The van der Waals surface area contributed by atoms with Crippen molar-refractivity contribution in [3.05, 3.63) is 102 Å². The molecule has 4 N–H and O–H groups in total. The molecule has 2 unspecified atom stereocenters. The normalized spacial score (nSPS) is 19.6. The number of hydrogen-bond donors (Lipinski definition) is 4. The summed E-state index contributed by atoms with van der Waals surface area (Å²) in [6.45, 7) is 0.868. The first-order valence-electron chi connectivity index (χ1n) is 15.0. The number of carbonyl (C=O) groups excluding carboxylic acids is 4. The van der Waals surface area contributed by atoms with Crippen LogP contribution in [0, 0.1) is 0 Å². The largest absolute Gasteiger partial charge is 0.508 e. The van der Waals surface area contributed by atoms with Gasteiger partial charge in [-0.05, 0) is 60.0 Å². The molecule has 0 spiro atoms. The van der Waals surface area contributed by atoms with Crippen LogP contribution in [0.25, 0.3) is 0 Å². The molecule has 6 rings (SSSR count). The molecule has 2 aromatic heterocycles. The van der Waals surface area contributed by atoms with Gasteiger partial charge in [0.1, 0.15) is 22.9 Å². The zero-order valence-corrected chi connectivity index (χ0v) is 27.1. The number of phenols is 1. The summed E-state index contributed by atoms with van der Waals surface area (Å²) in [4.78, 5) is 71.3. The molecule has 1 aromatic carbocycles. The van der Waals surface area contributed by atoms with Gasteiger partial charge >= 0.3 is 5.97 Å². The lowest BCUT2D eigenvalue weighted by atomic mass is 10.0.